The van der Waals surface area contributed by atoms with Crippen LogP contribution in [0.5, 0.6) is 0 Å². The van der Waals surface area contributed by atoms with Gasteiger partial charge in [0.2, 0.25) is 9.39 Å². The molecule has 0 aliphatic carbocycles. The van der Waals surface area contributed by atoms with Crippen molar-refractivity contribution in [2.24, 2.45) is 0 Å². The molecule has 0 N–H and O–H groups in total. The van der Waals surface area contributed by atoms with E-state index >= 15 is 0 Å². The molecule has 76 valence electrons. The van der Waals surface area contributed by atoms with E-state index in [9.17, 15) is 4.79 Å². The first-order valence-electron chi connectivity index (χ1n) is 3.32. The van der Waals surface area contributed by atoms with Gasteiger partial charge < -0.3 is 4.74 Å². The molecule has 1 aliphatic heterocycles. The molecular formula is C6H5Cl5O2. The normalized spacial score (nSPS) is 37.0. The number of alkyl halides is 5. The van der Waals surface area contributed by atoms with Crippen molar-refractivity contribution in [3.63, 3.8) is 0 Å². The Labute approximate surface area is 100 Å². The van der Waals surface area contributed by atoms with Crippen molar-refractivity contribution >= 4 is 64.3 Å². The highest BCUT2D eigenvalue weighted by Gasteiger charge is 2.64. The second-order valence-corrected chi connectivity index (χ2v) is 6.01. The number of carbonyl (C=O) groups excluding carboxylic acids is 1. The average molecular weight is 286 g/mol. The Balaban J connectivity index is 3.08. The molecule has 0 spiro atoms. The molecule has 0 saturated carbocycles. The van der Waals surface area contributed by atoms with Crippen LogP contribution in [0.2, 0.25) is 0 Å². The van der Waals surface area contributed by atoms with Crippen LogP contribution in [0.3, 0.4) is 0 Å². The zero-order valence-corrected chi connectivity index (χ0v) is 9.98. The first-order chi connectivity index (χ1) is 5.77. The molecule has 1 aliphatic rings. The molecule has 1 rings (SSSR count). The Bertz CT molecular complexity index is 229. The third-order valence-electron chi connectivity index (χ3n) is 1.77. The SMILES string of the molecule is O=CC1(Cl)OCCC(Cl)(Cl)C1(Cl)Cl. The fraction of sp³-hybridized carbons (Fsp3) is 0.833. The lowest BCUT2D eigenvalue weighted by Crippen LogP contribution is -2.59. The molecule has 0 bridgehead atoms. The number of aldehydes is 1. The summed E-state index contributed by atoms with van der Waals surface area (Å²) < 4.78 is 1.56. The number of ether oxygens (including phenoxy) is 1. The van der Waals surface area contributed by atoms with E-state index in [-0.39, 0.29) is 19.3 Å². The molecule has 0 amide bonds. The molecule has 0 aromatic heterocycles. The van der Waals surface area contributed by atoms with Crippen LogP contribution >= 0.6 is 58.0 Å². The maximum atomic E-state index is 10.6. The monoisotopic (exact) mass is 284 g/mol. The molecule has 0 aromatic rings. The lowest BCUT2D eigenvalue weighted by Gasteiger charge is -2.45. The summed E-state index contributed by atoms with van der Waals surface area (Å²) in [5, 5.41) is -1.89. The molecule has 13 heavy (non-hydrogen) atoms. The molecule has 0 aromatic carbocycles. The van der Waals surface area contributed by atoms with E-state index < -0.39 is 13.7 Å². The third kappa shape index (κ3) is 1.77. The zero-order chi connectivity index (χ0) is 10.3. The standard InChI is InChI=1S/C6H5Cl5O2/c7-4(8)1-2-13-5(9,3-12)6(4,10)11/h3H,1-2H2. The summed E-state index contributed by atoms with van der Waals surface area (Å²) in [6.45, 7) is 0.121. The summed E-state index contributed by atoms with van der Waals surface area (Å²) in [5.74, 6) is 0. The minimum Gasteiger partial charge on any atom is -0.350 e. The maximum absolute atomic E-state index is 10.6. The minimum atomic E-state index is -1.89. The Morgan fingerprint density at radius 2 is 1.69 bits per heavy atom. The Hall–Kier alpha value is 1.08. The number of rotatable bonds is 1. The smallest absolute Gasteiger partial charge is 0.233 e. The van der Waals surface area contributed by atoms with Gasteiger partial charge in [0, 0.05) is 6.42 Å². The highest BCUT2D eigenvalue weighted by molar-refractivity contribution is 6.66. The van der Waals surface area contributed by atoms with Gasteiger partial charge in [-0.1, -0.05) is 58.0 Å². The van der Waals surface area contributed by atoms with E-state index in [2.05, 4.69) is 0 Å². The summed E-state index contributed by atoms with van der Waals surface area (Å²) in [4.78, 5) is 10.6. The van der Waals surface area contributed by atoms with Gasteiger partial charge in [-0.05, 0) is 0 Å². The predicted octanol–water partition coefficient (Wildman–Crippen LogP) is 2.89. The second kappa shape index (κ2) is 3.58. The third-order valence-corrected chi connectivity index (χ3v) is 4.98. The summed E-state index contributed by atoms with van der Waals surface area (Å²) in [5.41, 5.74) is 0. The number of hydrogen-bond donors (Lipinski definition) is 0. The van der Waals surface area contributed by atoms with Crippen molar-refractivity contribution in [2.45, 2.75) is 20.1 Å². The van der Waals surface area contributed by atoms with Gasteiger partial charge in [0.15, 0.2) is 10.6 Å². The van der Waals surface area contributed by atoms with Gasteiger partial charge in [0.05, 0.1) is 6.61 Å². The van der Waals surface area contributed by atoms with E-state index in [0.717, 1.165) is 0 Å². The van der Waals surface area contributed by atoms with E-state index in [4.69, 9.17) is 62.7 Å². The van der Waals surface area contributed by atoms with Crippen molar-refractivity contribution in [1.29, 1.82) is 0 Å². The number of halogens is 5. The Kier molecular flexibility index (Phi) is 3.35. The van der Waals surface area contributed by atoms with Crippen molar-refractivity contribution in [3.05, 3.63) is 0 Å². The fourth-order valence-corrected chi connectivity index (χ4v) is 2.09. The Morgan fingerprint density at radius 1 is 1.15 bits per heavy atom. The first kappa shape index (κ1) is 12.2. The van der Waals surface area contributed by atoms with Crippen molar-refractivity contribution in [3.8, 4) is 0 Å². The van der Waals surface area contributed by atoms with Gasteiger partial charge in [0.25, 0.3) is 0 Å². The summed E-state index contributed by atoms with van der Waals surface area (Å²) in [7, 11) is 0. The number of hydrogen-bond acceptors (Lipinski definition) is 2. The minimum absolute atomic E-state index is 0.121. The molecule has 1 unspecified atom stereocenters. The maximum Gasteiger partial charge on any atom is 0.233 e. The first-order valence-corrected chi connectivity index (χ1v) is 5.21. The zero-order valence-electron chi connectivity index (χ0n) is 6.20. The molecular weight excluding hydrogens is 281 g/mol. The van der Waals surface area contributed by atoms with Crippen molar-refractivity contribution in [2.75, 3.05) is 6.61 Å². The predicted molar refractivity (Wildman–Crippen MR) is 54.1 cm³/mol. The summed E-state index contributed by atoms with van der Waals surface area (Å²) >= 11 is 28.9. The second-order valence-electron chi connectivity index (χ2n) is 2.64. The van der Waals surface area contributed by atoms with Crippen LogP contribution in [-0.2, 0) is 9.53 Å². The van der Waals surface area contributed by atoms with Gasteiger partial charge in [-0.2, -0.15) is 0 Å². The van der Waals surface area contributed by atoms with E-state index in [0.29, 0.717) is 0 Å². The lowest BCUT2D eigenvalue weighted by atomic mass is 10.1. The molecule has 1 heterocycles. The van der Waals surface area contributed by atoms with Gasteiger partial charge in [0.1, 0.15) is 0 Å². The molecule has 2 nitrogen and oxygen atoms in total. The summed E-state index contributed by atoms with van der Waals surface area (Å²) in [6.07, 6.45) is 0.485. The molecule has 7 heteroatoms. The van der Waals surface area contributed by atoms with Gasteiger partial charge >= 0.3 is 0 Å². The van der Waals surface area contributed by atoms with Crippen molar-refractivity contribution < 1.29 is 9.53 Å². The van der Waals surface area contributed by atoms with Crippen LogP contribution in [0.4, 0.5) is 0 Å². The highest BCUT2D eigenvalue weighted by atomic mass is 35.5. The topological polar surface area (TPSA) is 26.3 Å². The van der Waals surface area contributed by atoms with Gasteiger partial charge in [-0.3, -0.25) is 4.79 Å². The van der Waals surface area contributed by atoms with Crippen LogP contribution in [0.15, 0.2) is 0 Å². The average Bonchev–Trinajstić information content (AvgIpc) is 2.01. The largest absolute Gasteiger partial charge is 0.350 e. The van der Waals surface area contributed by atoms with E-state index in [1.165, 1.54) is 0 Å². The quantitative estimate of drug-likeness (QED) is 0.547. The van der Waals surface area contributed by atoms with Crippen LogP contribution < -0.4 is 0 Å². The van der Waals surface area contributed by atoms with E-state index in [1.807, 2.05) is 0 Å². The van der Waals surface area contributed by atoms with Gasteiger partial charge in [-0.15, -0.1) is 0 Å². The number of carbonyl (C=O) groups is 1. The van der Waals surface area contributed by atoms with Crippen molar-refractivity contribution in [1.82, 2.24) is 0 Å². The highest BCUT2D eigenvalue weighted by Crippen LogP contribution is 2.56. The van der Waals surface area contributed by atoms with Crippen LogP contribution in [0.25, 0.3) is 0 Å². The molecule has 1 fully saturated rings. The molecule has 0 radical (unpaired) electrons. The lowest BCUT2D eigenvalue weighted by molar-refractivity contribution is -0.126. The fourth-order valence-electron chi connectivity index (χ4n) is 0.933. The van der Waals surface area contributed by atoms with Crippen LogP contribution in [0, 0.1) is 0 Å². The molecule has 1 atom stereocenters. The molecule has 1 saturated heterocycles. The summed E-state index contributed by atoms with van der Waals surface area (Å²) in [6, 6.07) is 0. The Morgan fingerprint density at radius 3 is 2.08 bits per heavy atom. The van der Waals surface area contributed by atoms with Gasteiger partial charge in [-0.25, -0.2) is 0 Å². The van der Waals surface area contributed by atoms with E-state index in [1.54, 1.807) is 0 Å². The van der Waals surface area contributed by atoms with Crippen LogP contribution in [-0.4, -0.2) is 26.6 Å². The van der Waals surface area contributed by atoms with Crippen LogP contribution in [0.1, 0.15) is 6.42 Å².